The molecule has 0 aromatic heterocycles. The summed E-state index contributed by atoms with van der Waals surface area (Å²) in [5.74, 6) is 0. The van der Waals surface area contributed by atoms with E-state index < -0.39 is 5.24 Å². The molecular formula is C10H8ClNO. The molecule has 3 heteroatoms. The summed E-state index contributed by atoms with van der Waals surface area (Å²) in [7, 11) is 0. The Morgan fingerprint density at radius 2 is 2.08 bits per heavy atom. The quantitative estimate of drug-likeness (QED) is 0.644. The van der Waals surface area contributed by atoms with Crippen LogP contribution in [-0.2, 0) is 0 Å². The molecule has 0 aliphatic rings. The highest BCUT2D eigenvalue weighted by Gasteiger charge is 2.12. The van der Waals surface area contributed by atoms with Gasteiger partial charge >= 0.3 is 0 Å². The lowest BCUT2D eigenvalue weighted by Crippen LogP contribution is -1.99. The van der Waals surface area contributed by atoms with Crippen LogP contribution in [0.2, 0.25) is 0 Å². The molecule has 0 aliphatic carbocycles. The Morgan fingerprint density at radius 1 is 1.46 bits per heavy atom. The van der Waals surface area contributed by atoms with Crippen molar-refractivity contribution in [3.63, 3.8) is 0 Å². The first-order valence-electron chi connectivity index (χ1n) is 3.78. The average Bonchev–Trinajstić information content (AvgIpc) is 2.04. The van der Waals surface area contributed by atoms with Crippen LogP contribution in [0.4, 0.5) is 0 Å². The highest BCUT2D eigenvalue weighted by Crippen LogP contribution is 2.19. The molecule has 0 bridgehead atoms. The molecule has 1 aromatic rings. The van der Waals surface area contributed by atoms with E-state index in [4.69, 9.17) is 16.9 Å². The summed E-state index contributed by atoms with van der Waals surface area (Å²) in [4.78, 5) is 11.0. The Kier molecular flexibility index (Phi) is 2.69. The van der Waals surface area contributed by atoms with Crippen molar-refractivity contribution >= 4 is 16.8 Å². The molecule has 1 aromatic carbocycles. The monoisotopic (exact) mass is 193 g/mol. The second-order valence-electron chi connectivity index (χ2n) is 2.82. The van der Waals surface area contributed by atoms with Gasteiger partial charge in [0, 0.05) is 5.56 Å². The predicted octanol–water partition coefficient (Wildman–Crippen LogP) is 2.55. The van der Waals surface area contributed by atoms with E-state index in [1.165, 1.54) is 0 Å². The van der Waals surface area contributed by atoms with Crippen molar-refractivity contribution < 1.29 is 4.79 Å². The number of benzene rings is 1. The molecule has 2 nitrogen and oxygen atoms in total. The second kappa shape index (κ2) is 3.59. The third-order valence-corrected chi connectivity index (χ3v) is 2.18. The van der Waals surface area contributed by atoms with Gasteiger partial charge in [0.1, 0.15) is 0 Å². The Morgan fingerprint density at radius 3 is 2.54 bits per heavy atom. The van der Waals surface area contributed by atoms with E-state index in [1.54, 1.807) is 26.0 Å². The Bertz CT molecular complexity index is 404. The molecule has 0 N–H and O–H groups in total. The van der Waals surface area contributed by atoms with E-state index in [-0.39, 0.29) is 0 Å². The molecule has 0 amide bonds. The van der Waals surface area contributed by atoms with Crippen molar-refractivity contribution in [2.75, 3.05) is 0 Å². The summed E-state index contributed by atoms with van der Waals surface area (Å²) in [6, 6.07) is 5.42. The average molecular weight is 194 g/mol. The molecule has 0 unspecified atom stereocenters. The molecule has 0 saturated carbocycles. The van der Waals surface area contributed by atoms with Gasteiger partial charge in [-0.1, -0.05) is 6.07 Å². The lowest BCUT2D eigenvalue weighted by atomic mass is 9.99. The summed E-state index contributed by atoms with van der Waals surface area (Å²) in [6.07, 6.45) is 0. The number of carbonyl (C=O) groups excluding carboxylic acids is 1. The van der Waals surface area contributed by atoms with Gasteiger partial charge in [-0.15, -0.1) is 0 Å². The summed E-state index contributed by atoms with van der Waals surface area (Å²) in [5.41, 5.74) is 2.40. The molecule has 0 saturated heterocycles. The zero-order valence-corrected chi connectivity index (χ0v) is 8.14. The van der Waals surface area contributed by atoms with E-state index in [9.17, 15) is 4.79 Å². The van der Waals surface area contributed by atoms with E-state index in [0.717, 1.165) is 5.56 Å². The van der Waals surface area contributed by atoms with Crippen LogP contribution in [0.15, 0.2) is 12.1 Å². The van der Waals surface area contributed by atoms with Crippen molar-refractivity contribution in [3.05, 3.63) is 34.4 Å². The zero-order chi connectivity index (χ0) is 10.0. The van der Waals surface area contributed by atoms with Gasteiger partial charge in [0.2, 0.25) is 0 Å². The number of nitrogens with zero attached hydrogens (tertiary/aromatic N) is 1. The van der Waals surface area contributed by atoms with Gasteiger partial charge in [-0.2, -0.15) is 5.26 Å². The van der Waals surface area contributed by atoms with Gasteiger partial charge in [-0.05, 0) is 42.6 Å². The predicted molar refractivity (Wildman–Crippen MR) is 50.8 cm³/mol. The van der Waals surface area contributed by atoms with Gasteiger partial charge in [-0.25, -0.2) is 0 Å². The Balaban J connectivity index is 3.50. The maximum atomic E-state index is 11.0. The third-order valence-electron chi connectivity index (χ3n) is 1.99. The largest absolute Gasteiger partial charge is 0.276 e. The van der Waals surface area contributed by atoms with E-state index in [2.05, 4.69) is 0 Å². The smallest absolute Gasteiger partial charge is 0.252 e. The van der Waals surface area contributed by atoms with Crippen molar-refractivity contribution in [3.8, 4) is 6.07 Å². The fourth-order valence-corrected chi connectivity index (χ4v) is 1.56. The number of hydrogen-bond acceptors (Lipinski definition) is 2. The van der Waals surface area contributed by atoms with Crippen LogP contribution < -0.4 is 0 Å². The van der Waals surface area contributed by atoms with Crippen molar-refractivity contribution in [2.45, 2.75) is 13.8 Å². The first-order valence-corrected chi connectivity index (χ1v) is 4.16. The second-order valence-corrected chi connectivity index (χ2v) is 3.16. The summed E-state index contributed by atoms with van der Waals surface area (Å²) < 4.78 is 0. The number of carbonyl (C=O) groups is 1. The zero-order valence-electron chi connectivity index (χ0n) is 7.39. The van der Waals surface area contributed by atoms with Crippen molar-refractivity contribution in [1.29, 1.82) is 5.26 Å². The topological polar surface area (TPSA) is 40.9 Å². The van der Waals surface area contributed by atoms with Crippen molar-refractivity contribution in [2.24, 2.45) is 0 Å². The van der Waals surface area contributed by atoms with Gasteiger partial charge in [0.25, 0.3) is 5.24 Å². The number of hydrogen-bond donors (Lipinski definition) is 0. The molecule has 0 radical (unpaired) electrons. The van der Waals surface area contributed by atoms with Gasteiger partial charge in [0.05, 0.1) is 11.6 Å². The van der Waals surface area contributed by atoms with Crippen LogP contribution in [0.1, 0.15) is 27.0 Å². The summed E-state index contributed by atoms with van der Waals surface area (Å²) >= 11 is 5.39. The number of aryl methyl sites for hydroxylation is 1. The number of rotatable bonds is 1. The van der Waals surface area contributed by atoms with Crippen LogP contribution in [-0.4, -0.2) is 5.24 Å². The van der Waals surface area contributed by atoms with Gasteiger partial charge in [0.15, 0.2) is 0 Å². The fraction of sp³-hybridized carbons (Fsp3) is 0.200. The van der Waals surface area contributed by atoms with Crippen LogP contribution in [0, 0.1) is 25.2 Å². The maximum Gasteiger partial charge on any atom is 0.252 e. The minimum absolute atomic E-state index is 0.445. The minimum Gasteiger partial charge on any atom is -0.276 e. The lowest BCUT2D eigenvalue weighted by Gasteiger charge is -2.05. The van der Waals surface area contributed by atoms with E-state index in [0.29, 0.717) is 16.7 Å². The normalized spacial score (nSPS) is 9.38. The number of nitriles is 1. The van der Waals surface area contributed by atoms with Crippen LogP contribution in [0.25, 0.3) is 0 Å². The minimum atomic E-state index is -0.507. The van der Waals surface area contributed by atoms with Crippen molar-refractivity contribution in [1.82, 2.24) is 0 Å². The molecular weight excluding hydrogens is 186 g/mol. The molecule has 0 atom stereocenters. The highest BCUT2D eigenvalue weighted by atomic mass is 35.5. The molecule has 0 fully saturated rings. The van der Waals surface area contributed by atoms with Crippen LogP contribution in [0.5, 0.6) is 0 Å². The summed E-state index contributed by atoms with van der Waals surface area (Å²) in [5, 5.41) is 8.20. The molecule has 0 heterocycles. The van der Waals surface area contributed by atoms with Crippen LogP contribution >= 0.6 is 11.6 Å². The highest BCUT2D eigenvalue weighted by molar-refractivity contribution is 6.68. The molecule has 13 heavy (non-hydrogen) atoms. The van der Waals surface area contributed by atoms with E-state index in [1.807, 2.05) is 6.07 Å². The van der Waals surface area contributed by atoms with Gasteiger partial charge < -0.3 is 0 Å². The number of halogens is 1. The SMILES string of the molecule is Cc1ccc(C#N)c(C)c1C(=O)Cl. The first-order chi connectivity index (χ1) is 6.07. The van der Waals surface area contributed by atoms with Gasteiger partial charge in [-0.3, -0.25) is 4.79 Å². The molecule has 1 rings (SSSR count). The maximum absolute atomic E-state index is 11.0. The first kappa shape index (κ1) is 9.76. The van der Waals surface area contributed by atoms with Crippen LogP contribution in [0.3, 0.4) is 0 Å². The molecule has 66 valence electrons. The summed E-state index contributed by atoms with van der Waals surface area (Å²) in [6.45, 7) is 3.52. The standard InChI is InChI=1S/C10H8ClNO/c1-6-3-4-8(5-12)7(2)9(6)10(11)13/h3-4H,1-2H3. The third kappa shape index (κ3) is 1.71. The molecule has 0 spiro atoms. The lowest BCUT2D eigenvalue weighted by molar-refractivity contribution is 0.108. The fourth-order valence-electron chi connectivity index (χ4n) is 1.27. The Hall–Kier alpha value is -1.33. The Labute approximate surface area is 81.7 Å². The molecule has 0 aliphatic heterocycles. The van der Waals surface area contributed by atoms with E-state index >= 15 is 0 Å².